The zero-order valence-corrected chi connectivity index (χ0v) is 14.1. The van der Waals surface area contributed by atoms with Crippen LogP contribution in [0.15, 0.2) is 0 Å². The second-order valence-electron chi connectivity index (χ2n) is 6.91. The minimum Gasteiger partial charge on any atom is -0.330 e. The Kier molecular flexibility index (Phi) is 6.91. The summed E-state index contributed by atoms with van der Waals surface area (Å²) in [7, 11) is -3.13. The van der Waals surface area contributed by atoms with E-state index in [0.717, 1.165) is 45.4 Å². The maximum atomic E-state index is 12.4. The molecule has 0 aromatic heterocycles. The van der Waals surface area contributed by atoms with Crippen molar-refractivity contribution in [2.75, 3.05) is 45.0 Å². The van der Waals surface area contributed by atoms with E-state index in [1.165, 1.54) is 0 Å². The van der Waals surface area contributed by atoms with Crippen LogP contribution >= 0.6 is 0 Å². The Morgan fingerprint density at radius 1 is 1.05 bits per heavy atom. The first-order chi connectivity index (χ1) is 9.24. The fourth-order valence-electron chi connectivity index (χ4n) is 2.57. The number of hydrogen-bond acceptors (Lipinski definition) is 4. The van der Waals surface area contributed by atoms with Crippen molar-refractivity contribution in [1.82, 2.24) is 9.21 Å². The largest absolute Gasteiger partial charge is 0.330 e. The van der Waals surface area contributed by atoms with Crippen molar-refractivity contribution in [3.63, 3.8) is 0 Å². The maximum Gasteiger partial charge on any atom is 0.214 e. The van der Waals surface area contributed by atoms with E-state index in [9.17, 15) is 8.42 Å². The van der Waals surface area contributed by atoms with Crippen molar-refractivity contribution in [3.05, 3.63) is 0 Å². The third-order valence-corrected chi connectivity index (χ3v) is 5.87. The van der Waals surface area contributed by atoms with Gasteiger partial charge >= 0.3 is 0 Å². The van der Waals surface area contributed by atoms with Crippen LogP contribution in [0.2, 0.25) is 0 Å². The normalized spacial score (nSPS) is 20.0. The second kappa shape index (κ2) is 7.73. The number of nitrogens with zero attached hydrogens (tertiary/aromatic N) is 2. The SMILES string of the molecule is CC(C)(C)CS(=O)(=O)N1CCCN(CCCCN)CC1. The molecular weight excluding hydrogens is 274 g/mol. The summed E-state index contributed by atoms with van der Waals surface area (Å²) < 4.78 is 26.5. The molecule has 1 heterocycles. The Bertz CT molecular complexity index is 376. The van der Waals surface area contributed by atoms with Gasteiger partial charge in [0.25, 0.3) is 0 Å². The molecule has 0 atom stereocenters. The molecule has 0 bridgehead atoms. The van der Waals surface area contributed by atoms with E-state index in [-0.39, 0.29) is 11.2 Å². The predicted octanol–water partition coefficient (Wildman–Crippen LogP) is 1.11. The van der Waals surface area contributed by atoms with Crippen molar-refractivity contribution in [1.29, 1.82) is 0 Å². The Labute approximate surface area is 124 Å². The quantitative estimate of drug-likeness (QED) is 0.747. The second-order valence-corrected chi connectivity index (χ2v) is 8.88. The van der Waals surface area contributed by atoms with Gasteiger partial charge in [-0.05, 0) is 44.3 Å². The van der Waals surface area contributed by atoms with Gasteiger partial charge < -0.3 is 10.6 Å². The van der Waals surface area contributed by atoms with E-state index < -0.39 is 10.0 Å². The van der Waals surface area contributed by atoms with Gasteiger partial charge in [-0.1, -0.05) is 20.8 Å². The molecule has 6 heteroatoms. The van der Waals surface area contributed by atoms with E-state index in [2.05, 4.69) is 4.90 Å². The van der Waals surface area contributed by atoms with Gasteiger partial charge in [0.1, 0.15) is 0 Å². The number of hydrogen-bond donors (Lipinski definition) is 1. The molecule has 2 N–H and O–H groups in total. The molecular formula is C14H31N3O2S. The highest BCUT2D eigenvalue weighted by Gasteiger charge is 2.29. The first-order valence-corrected chi connectivity index (χ1v) is 9.26. The van der Waals surface area contributed by atoms with E-state index in [0.29, 0.717) is 13.1 Å². The first-order valence-electron chi connectivity index (χ1n) is 7.65. The van der Waals surface area contributed by atoms with Gasteiger partial charge in [-0.3, -0.25) is 0 Å². The fourth-order valence-corrected chi connectivity index (χ4v) is 4.61. The van der Waals surface area contributed by atoms with Crippen LogP contribution in [0.1, 0.15) is 40.0 Å². The number of nitrogens with two attached hydrogens (primary N) is 1. The Morgan fingerprint density at radius 2 is 1.75 bits per heavy atom. The van der Waals surface area contributed by atoms with E-state index in [4.69, 9.17) is 5.73 Å². The van der Waals surface area contributed by atoms with Gasteiger partial charge in [0.05, 0.1) is 5.75 Å². The van der Waals surface area contributed by atoms with Crippen LogP contribution in [0.3, 0.4) is 0 Å². The van der Waals surface area contributed by atoms with E-state index in [1.807, 2.05) is 20.8 Å². The lowest BCUT2D eigenvalue weighted by Crippen LogP contribution is -2.39. The Morgan fingerprint density at radius 3 is 2.35 bits per heavy atom. The molecule has 5 nitrogen and oxygen atoms in total. The molecule has 20 heavy (non-hydrogen) atoms. The highest BCUT2D eigenvalue weighted by Crippen LogP contribution is 2.20. The summed E-state index contributed by atoms with van der Waals surface area (Å²) in [6.45, 7) is 10.8. The predicted molar refractivity (Wildman–Crippen MR) is 84.2 cm³/mol. The van der Waals surface area contributed by atoms with Crippen LogP contribution in [0, 0.1) is 5.41 Å². The molecule has 0 spiro atoms. The van der Waals surface area contributed by atoms with Crippen LogP contribution in [-0.4, -0.2) is 62.6 Å². The van der Waals surface area contributed by atoms with Crippen LogP contribution in [0.5, 0.6) is 0 Å². The van der Waals surface area contributed by atoms with Crippen LogP contribution in [0.4, 0.5) is 0 Å². The fraction of sp³-hybridized carbons (Fsp3) is 1.00. The van der Waals surface area contributed by atoms with Crippen molar-refractivity contribution < 1.29 is 8.42 Å². The molecule has 1 rings (SSSR count). The average molecular weight is 305 g/mol. The standard InChI is InChI=1S/C14H31N3O2S/c1-14(2,3)13-20(18,19)17-10-6-9-16(11-12-17)8-5-4-7-15/h4-13,15H2,1-3H3. The van der Waals surface area contributed by atoms with Crippen molar-refractivity contribution in [2.45, 2.75) is 40.0 Å². The monoisotopic (exact) mass is 305 g/mol. The maximum absolute atomic E-state index is 12.4. The third-order valence-electron chi connectivity index (χ3n) is 3.48. The summed E-state index contributed by atoms with van der Waals surface area (Å²) in [5.41, 5.74) is 5.32. The number of sulfonamides is 1. The smallest absolute Gasteiger partial charge is 0.214 e. The van der Waals surface area contributed by atoms with Gasteiger partial charge in [-0.2, -0.15) is 0 Å². The van der Waals surface area contributed by atoms with E-state index in [1.54, 1.807) is 4.31 Å². The lowest BCUT2D eigenvalue weighted by Gasteiger charge is -2.25. The molecule has 0 aromatic rings. The molecule has 0 aromatic carbocycles. The first kappa shape index (κ1) is 17.9. The molecule has 1 aliphatic heterocycles. The van der Waals surface area contributed by atoms with Crippen molar-refractivity contribution in [2.24, 2.45) is 11.1 Å². The van der Waals surface area contributed by atoms with Gasteiger partial charge in [0.2, 0.25) is 10.0 Å². The van der Waals surface area contributed by atoms with Crippen molar-refractivity contribution >= 4 is 10.0 Å². The van der Waals surface area contributed by atoms with Gasteiger partial charge in [-0.15, -0.1) is 0 Å². The molecule has 0 amide bonds. The molecule has 120 valence electrons. The number of rotatable bonds is 6. The van der Waals surface area contributed by atoms with Crippen LogP contribution in [-0.2, 0) is 10.0 Å². The summed E-state index contributed by atoms with van der Waals surface area (Å²) in [6.07, 6.45) is 3.07. The highest BCUT2D eigenvalue weighted by atomic mass is 32.2. The number of unbranched alkanes of at least 4 members (excludes halogenated alkanes) is 1. The summed E-state index contributed by atoms with van der Waals surface area (Å²) in [6, 6.07) is 0. The summed E-state index contributed by atoms with van der Waals surface area (Å²) >= 11 is 0. The lowest BCUT2D eigenvalue weighted by atomic mass is 10.0. The Hall–Kier alpha value is -0.170. The lowest BCUT2D eigenvalue weighted by molar-refractivity contribution is 0.281. The van der Waals surface area contributed by atoms with Crippen LogP contribution in [0.25, 0.3) is 0 Å². The van der Waals surface area contributed by atoms with E-state index >= 15 is 0 Å². The molecule has 0 unspecified atom stereocenters. The summed E-state index contributed by atoms with van der Waals surface area (Å²) in [5.74, 6) is 0.229. The van der Waals surface area contributed by atoms with Gasteiger partial charge in [0, 0.05) is 19.6 Å². The topological polar surface area (TPSA) is 66.6 Å². The Balaban J connectivity index is 2.51. The molecule has 0 saturated carbocycles. The zero-order valence-electron chi connectivity index (χ0n) is 13.3. The highest BCUT2D eigenvalue weighted by molar-refractivity contribution is 7.89. The molecule has 1 fully saturated rings. The summed E-state index contributed by atoms with van der Waals surface area (Å²) in [5, 5.41) is 0. The van der Waals surface area contributed by atoms with Gasteiger partial charge in [-0.25, -0.2) is 12.7 Å². The molecule has 0 aliphatic carbocycles. The van der Waals surface area contributed by atoms with Gasteiger partial charge in [0.15, 0.2) is 0 Å². The third kappa shape index (κ3) is 6.52. The average Bonchev–Trinajstić information content (AvgIpc) is 2.52. The molecule has 0 radical (unpaired) electrons. The molecule has 1 aliphatic rings. The minimum absolute atomic E-state index is 0.189. The van der Waals surface area contributed by atoms with Crippen molar-refractivity contribution in [3.8, 4) is 0 Å². The summed E-state index contributed by atoms with van der Waals surface area (Å²) in [4.78, 5) is 2.36. The zero-order chi connectivity index (χ0) is 15.2. The van der Waals surface area contributed by atoms with Crippen LogP contribution < -0.4 is 5.73 Å². The minimum atomic E-state index is -3.13. The molecule has 1 saturated heterocycles.